The van der Waals surface area contributed by atoms with Gasteiger partial charge in [0.1, 0.15) is 0 Å². The first-order chi connectivity index (χ1) is 8.20. The topological polar surface area (TPSA) is 59.1 Å². The van der Waals surface area contributed by atoms with Crippen molar-refractivity contribution in [1.82, 2.24) is 4.98 Å². The van der Waals surface area contributed by atoms with E-state index in [-0.39, 0.29) is 19.3 Å². The van der Waals surface area contributed by atoms with E-state index in [0.29, 0.717) is 11.3 Å². The summed E-state index contributed by atoms with van der Waals surface area (Å²) in [6.45, 7) is 1.51. The van der Waals surface area contributed by atoms with E-state index in [1.807, 2.05) is 0 Å². The minimum atomic E-state index is -4.18. The number of alkyl halides is 3. The molecule has 0 radical (unpaired) electrons. The van der Waals surface area contributed by atoms with Crippen LogP contribution in [0.3, 0.4) is 0 Å². The molecule has 1 atom stereocenters. The molecule has 1 rings (SSSR count). The molecule has 1 unspecified atom stereocenters. The minimum absolute atomic E-state index is 0.0703. The summed E-state index contributed by atoms with van der Waals surface area (Å²) in [6, 6.07) is 1.60. The van der Waals surface area contributed by atoms with Crippen molar-refractivity contribution in [2.24, 2.45) is 0 Å². The van der Waals surface area contributed by atoms with E-state index in [0.717, 1.165) is 0 Å². The van der Waals surface area contributed by atoms with Gasteiger partial charge in [0.2, 0.25) is 0 Å². The zero-order valence-electron chi connectivity index (χ0n) is 10.2. The maximum absolute atomic E-state index is 12.0. The van der Waals surface area contributed by atoms with Gasteiger partial charge in [0.25, 0.3) is 0 Å². The molecule has 18 heavy (non-hydrogen) atoms. The summed E-state index contributed by atoms with van der Waals surface area (Å²) in [5.41, 5.74) is 5.62. The third-order valence-electron chi connectivity index (χ3n) is 2.69. The van der Waals surface area contributed by atoms with E-state index in [1.54, 1.807) is 6.07 Å². The Morgan fingerprint density at radius 3 is 2.56 bits per heavy atom. The van der Waals surface area contributed by atoms with E-state index in [9.17, 15) is 18.3 Å². The Hall–Kier alpha value is -1.30. The van der Waals surface area contributed by atoms with Crippen LogP contribution in [0, 0.1) is 0 Å². The van der Waals surface area contributed by atoms with Crippen molar-refractivity contribution in [3.63, 3.8) is 0 Å². The first kappa shape index (κ1) is 14.8. The highest BCUT2D eigenvalue weighted by atomic mass is 19.4. The van der Waals surface area contributed by atoms with Crippen molar-refractivity contribution < 1.29 is 18.3 Å². The monoisotopic (exact) mass is 262 g/mol. The molecule has 0 aliphatic rings. The molecule has 0 saturated carbocycles. The zero-order chi connectivity index (χ0) is 13.8. The number of aliphatic hydroxyl groups is 1. The number of aromatic nitrogens is 1. The highest BCUT2D eigenvalue weighted by molar-refractivity contribution is 5.44. The van der Waals surface area contributed by atoms with Gasteiger partial charge in [0.15, 0.2) is 0 Å². The van der Waals surface area contributed by atoms with E-state index in [4.69, 9.17) is 5.73 Å². The maximum Gasteiger partial charge on any atom is 0.389 e. The maximum atomic E-state index is 12.0. The number of hydrogen-bond acceptors (Lipinski definition) is 3. The molecule has 0 spiro atoms. The van der Waals surface area contributed by atoms with Crippen molar-refractivity contribution in [2.45, 2.75) is 44.4 Å². The third kappa shape index (κ3) is 5.35. The molecule has 3 nitrogen and oxygen atoms in total. The summed E-state index contributed by atoms with van der Waals surface area (Å²) in [4.78, 5) is 3.88. The lowest BCUT2D eigenvalue weighted by Crippen LogP contribution is -2.28. The molecule has 0 aliphatic carbocycles. The fraction of sp³-hybridized carbons (Fsp3) is 0.583. The van der Waals surface area contributed by atoms with Crippen molar-refractivity contribution in [3.8, 4) is 0 Å². The van der Waals surface area contributed by atoms with Gasteiger partial charge in [-0.1, -0.05) is 0 Å². The summed E-state index contributed by atoms with van der Waals surface area (Å²) < 4.78 is 36.0. The average molecular weight is 262 g/mol. The van der Waals surface area contributed by atoms with Gasteiger partial charge in [0.05, 0.1) is 5.60 Å². The first-order valence-corrected chi connectivity index (χ1v) is 5.67. The molecule has 0 amide bonds. The Bertz CT molecular complexity index is 391. The van der Waals surface area contributed by atoms with Crippen LogP contribution in [0.2, 0.25) is 0 Å². The lowest BCUT2D eigenvalue weighted by molar-refractivity contribution is -0.137. The number of anilines is 1. The largest absolute Gasteiger partial charge is 0.398 e. The molecular weight excluding hydrogens is 245 g/mol. The van der Waals surface area contributed by atoms with Crippen LogP contribution in [-0.2, 0) is 6.42 Å². The number of nitrogens with zero attached hydrogens (tertiary/aromatic N) is 1. The molecule has 0 bridgehead atoms. The second kappa shape index (κ2) is 5.56. The summed E-state index contributed by atoms with van der Waals surface area (Å²) >= 11 is 0. The van der Waals surface area contributed by atoms with Crippen LogP contribution in [-0.4, -0.2) is 21.9 Å². The van der Waals surface area contributed by atoms with Gasteiger partial charge in [-0.05, 0) is 31.4 Å². The Balaban J connectivity index is 2.52. The number of nitrogen functional groups attached to an aromatic ring is 1. The molecule has 3 N–H and O–H groups in total. The zero-order valence-corrected chi connectivity index (χ0v) is 10.2. The van der Waals surface area contributed by atoms with Crippen LogP contribution in [0.15, 0.2) is 18.5 Å². The van der Waals surface area contributed by atoms with Crippen LogP contribution < -0.4 is 5.73 Å². The summed E-state index contributed by atoms with van der Waals surface area (Å²) in [7, 11) is 0. The molecular formula is C12H17F3N2O. The van der Waals surface area contributed by atoms with Gasteiger partial charge in [-0.15, -0.1) is 0 Å². The molecule has 0 aliphatic heterocycles. The number of nitrogens with two attached hydrogens (primary N) is 1. The first-order valence-electron chi connectivity index (χ1n) is 5.67. The molecule has 1 aromatic rings. The van der Waals surface area contributed by atoms with E-state index in [2.05, 4.69) is 4.98 Å². The lowest BCUT2D eigenvalue weighted by atomic mass is 9.91. The fourth-order valence-electron chi connectivity index (χ4n) is 1.75. The number of halogens is 3. The standard InChI is InChI=1S/C12H17F3N2O/c1-11(18,4-2-5-12(13,14)15)7-9-8-17-6-3-10(9)16/h3,6,8,18H,2,4-5,7H2,1H3,(H2,16,17). The number of rotatable bonds is 5. The predicted octanol–water partition coefficient (Wildman–Crippen LogP) is 2.69. The Morgan fingerprint density at radius 2 is 2.00 bits per heavy atom. The van der Waals surface area contributed by atoms with Gasteiger partial charge in [0, 0.05) is 30.9 Å². The molecule has 0 fully saturated rings. The minimum Gasteiger partial charge on any atom is -0.398 e. The SMILES string of the molecule is CC(O)(CCCC(F)(F)F)Cc1cnccc1N. The summed E-state index contributed by atoms with van der Waals surface area (Å²) in [5.74, 6) is 0. The van der Waals surface area contributed by atoms with Crippen LogP contribution in [0.25, 0.3) is 0 Å². The highest BCUT2D eigenvalue weighted by Gasteiger charge is 2.29. The molecule has 0 aromatic carbocycles. The lowest BCUT2D eigenvalue weighted by Gasteiger charge is -2.24. The van der Waals surface area contributed by atoms with Crippen molar-refractivity contribution in [3.05, 3.63) is 24.0 Å². The van der Waals surface area contributed by atoms with Crippen LogP contribution in [0.5, 0.6) is 0 Å². The van der Waals surface area contributed by atoms with Crippen molar-refractivity contribution >= 4 is 5.69 Å². The fourth-order valence-corrected chi connectivity index (χ4v) is 1.75. The molecule has 1 aromatic heterocycles. The van der Waals surface area contributed by atoms with E-state index in [1.165, 1.54) is 19.3 Å². The van der Waals surface area contributed by atoms with Gasteiger partial charge < -0.3 is 10.8 Å². The Labute approximate surface area is 104 Å². The normalized spacial score (nSPS) is 15.4. The number of hydrogen-bond donors (Lipinski definition) is 2. The predicted molar refractivity (Wildman–Crippen MR) is 62.9 cm³/mol. The van der Waals surface area contributed by atoms with Gasteiger partial charge in [-0.2, -0.15) is 13.2 Å². The summed E-state index contributed by atoms with van der Waals surface area (Å²) in [6.07, 6.45) is -1.85. The average Bonchev–Trinajstić information content (AvgIpc) is 2.18. The van der Waals surface area contributed by atoms with Crippen LogP contribution in [0.4, 0.5) is 18.9 Å². The van der Waals surface area contributed by atoms with E-state index < -0.39 is 18.2 Å². The van der Waals surface area contributed by atoms with Gasteiger partial charge in [-0.3, -0.25) is 4.98 Å². The quantitative estimate of drug-likeness (QED) is 0.857. The highest BCUT2D eigenvalue weighted by Crippen LogP contribution is 2.27. The third-order valence-corrected chi connectivity index (χ3v) is 2.69. The Morgan fingerprint density at radius 1 is 1.33 bits per heavy atom. The van der Waals surface area contributed by atoms with Crippen LogP contribution >= 0.6 is 0 Å². The van der Waals surface area contributed by atoms with Crippen LogP contribution in [0.1, 0.15) is 31.7 Å². The van der Waals surface area contributed by atoms with Gasteiger partial charge >= 0.3 is 6.18 Å². The molecule has 102 valence electrons. The van der Waals surface area contributed by atoms with Gasteiger partial charge in [-0.25, -0.2) is 0 Å². The van der Waals surface area contributed by atoms with Crippen molar-refractivity contribution in [2.75, 3.05) is 5.73 Å². The smallest absolute Gasteiger partial charge is 0.389 e. The number of pyridine rings is 1. The molecule has 6 heteroatoms. The Kier molecular flexibility index (Phi) is 4.56. The second-order valence-corrected chi connectivity index (χ2v) is 4.72. The molecule has 0 saturated heterocycles. The second-order valence-electron chi connectivity index (χ2n) is 4.72. The van der Waals surface area contributed by atoms with E-state index >= 15 is 0 Å². The van der Waals surface area contributed by atoms with Crippen molar-refractivity contribution in [1.29, 1.82) is 0 Å². The summed E-state index contributed by atoms with van der Waals surface area (Å²) in [5, 5.41) is 10.0. The molecule has 1 heterocycles.